The van der Waals surface area contributed by atoms with E-state index in [2.05, 4.69) is 4.72 Å². The average Bonchev–Trinajstić information content (AvgIpc) is 2.57. The van der Waals surface area contributed by atoms with Crippen LogP contribution in [0, 0.1) is 18.3 Å². The number of benzene rings is 2. The van der Waals surface area contributed by atoms with Crippen LogP contribution < -0.4 is 14.2 Å². The van der Waals surface area contributed by atoms with Crippen molar-refractivity contribution in [2.45, 2.75) is 25.2 Å². The van der Waals surface area contributed by atoms with Crippen LogP contribution in [-0.4, -0.2) is 21.6 Å². The Hall–Kier alpha value is -2.72. The molecule has 0 atom stereocenters. The van der Waals surface area contributed by atoms with Gasteiger partial charge in [-0.2, -0.15) is 5.26 Å². The third-order valence-corrected chi connectivity index (χ3v) is 4.63. The van der Waals surface area contributed by atoms with Crippen molar-refractivity contribution in [2.24, 2.45) is 0 Å². The largest absolute Gasteiger partial charge is 0.492 e. The van der Waals surface area contributed by atoms with Crippen LogP contribution in [0.5, 0.6) is 11.5 Å². The summed E-state index contributed by atoms with van der Waals surface area (Å²) in [5, 5.41) is 8.60. The van der Waals surface area contributed by atoms with Crippen molar-refractivity contribution in [3.05, 3.63) is 48.0 Å². The van der Waals surface area contributed by atoms with Gasteiger partial charge in [-0.25, -0.2) is 8.42 Å². The minimum absolute atomic E-state index is 0.0736. The number of sulfonamides is 1. The molecule has 0 saturated heterocycles. The lowest BCUT2D eigenvalue weighted by molar-refractivity contribution is 0.309. The zero-order valence-electron chi connectivity index (χ0n) is 14.2. The van der Waals surface area contributed by atoms with Crippen molar-refractivity contribution in [3.8, 4) is 17.6 Å². The standard InChI is InChI=1S/C18H20N2O4S/c1-3-9-24-17-6-4-5-7-18(17)25(21,22)20-15-11-14(2)12-16(13-15)23-10-8-19/h4-7,11-13,20H,3,9-10H2,1-2H3. The molecule has 132 valence electrons. The van der Waals surface area contributed by atoms with E-state index in [1.54, 1.807) is 30.3 Å². The number of para-hydroxylation sites is 1. The van der Waals surface area contributed by atoms with Crippen LogP contribution >= 0.6 is 0 Å². The van der Waals surface area contributed by atoms with E-state index >= 15 is 0 Å². The second-order valence-corrected chi connectivity index (χ2v) is 7.03. The Labute approximate surface area is 148 Å². The fourth-order valence-corrected chi connectivity index (χ4v) is 3.41. The summed E-state index contributed by atoms with van der Waals surface area (Å²) < 4.78 is 38.8. The molecule has 1 N–H and O–H groups in total. The van der Waals surface area contributed by atoms with Crippen LogP contribution in [0.2, 0.25) is 0 Å². The lowest BCUT2D eigenvalue weighted by Gasteiger charge is -2.14. The molecular weight excluding hydrogens is 340 g/mol. The maximum absolute atomic E-state index is 12.7. The van der Waals surface area contributed by atoms with E-state index in [1.165, 1.54) is 12.1 Å². The molecule has 0 aliphatic rings. The predicted molar refractivity (Wildman–Crippen MR) is 95.3 cm³/mol. The van der Waals surface area contributed by atoms with Gasteiger partial charge in [-0.3, -0.25) is 4.72 Å². The number of ether oxygens (including phenoxy) is 2. The molecular formula is C18H20N2O4S. The zero-order valence-corrected chi connectivity index (χ0v) is 15.0. The van der Waals surface area contributed by atoms with E-state index in [0.717, 1.165) is 12.0 Å². The Morgan fingerprint density at radius 3 is 2.64 bits per heavy atom. The highest BCUT2D eigenvalue weighted by atomic mass is 32.2. The summed E-state index contributed by atoms with van der Waals surface area (Å²) in [6.45, 7) is 4.09. The Morgan fingerprint density at radius 1 is 1.16 bits per heavy atom. The number of hydrogen-bond acceptors (Lipinski definition) is 5. The fraction of sp³-hybridized carbons (Fsp3) is 0.278. The van der Waals surface area contributed by atoms with Gasteiger partial charge in [-0.15, -0.1) is 0 Å². The monoisotopic (exact) mass is 360 g/mol. The Bertz CT molecular complexity index is 873. The quantitative estimate of drug-likeness (QED) is 0.778. The number of aryl methyl sites for hydroxylation is 1. The first-order valence-corrected chi connectivity index (χ1v) is 9.30. The second kappa shape index (κ2) is 8.40. The van der Waals surface area contributed by atoms with Crippen molar-refractivity contribution in [3.63, 3.8) is 0 Å². The Balaban J connectivity index is 2.30. The molecule has 0 fully saturated rings. The highest BCUT2D eigenvalue weighted by molar-refractivity contribution is 7.92. The maximum Gasteiger partial charge on any atom is 0.265 e. The van der Waals surface area contributed by atoms with Crippen LogP contribution in [0.25, 0.3) is 0 Å². The molecule has 0 aliphatic carbocycles. The Morgan fingerprint density at radius 2 is 1.92 bits per heavy atom. The molecule has 0 bridgehead atoms. The molecule has 2 rings (SSSR count). The molecule has 2 aromatic rings. The lowest BCUT2D eigenvalue weighted by Crippen LogP contribution is -2.15. The van der Waals surface area contributed by atoms with Crippen molar-refractivity contribution in [2.75, 3.05) is 17.9 Å². The summed E-state index contributed by atoms with van der Waals surface area (Å²) in [5.74, 6) is 0.736. The van der Waals surface area contributed by atoms with Gasteiger partial charge >= 0.3 is 0 Å². The van der Waals surface area contributed by atoms with Gasteiger partial charge in [0.1, 0.15) is 22.5 Å². The molecule has 0 heterocycles. The van der Waals surface area contributed by atoms with Crippen LogP contribution in [-0.2, 0) is 10.0 Å². The van der Waals surface area contributed by atoms with Gasteiger partial charge in [0.25, 0.3) is 10.0 Å². The summed E-state index contributed by atoms with van der Waals surface area (Å²) in [7, 11) is -3.82. The Kier molecular flexibility index (Phi) is 6.25. The second-order valence-electron chi connectivity index (χ2n) is 5.38. The zero-order chi connectivity index (χ0) is 18.3. The van der Waals surface area contributed by atoms with E-state index in [-0.39, 0.29) is 11.5 Å². The summed E-state index contributed by atoms with van der Waals surface area (Å²) in [4.78, 5) is 0.0736. The highest BCUT2D eigenvalue weighted by Gasteiger charge is 2.20. The molecule has 2 aromatic carbocycles. The smallest absolute Gasteiger partial charge is 0.265 e. The first-order valence-electron chi connectivity index (χ1n) is 7.82. The minimum atomic E-state index is -3.82. The maximum atomic E-state index is 12.7. The molecule has 6 nitrogen and oxygen atoms in total. The molecule has 0 aromatic heterocycles. The van der Waals surface area contributed by atoms with E-state index in [9.17, 15) is 8.42 Å². The van der Waals surface area contributed by atoms with Crippen LogP contribution in [0.3, 0.4) is 0 Å². The molecule has 0 radical (unpaired) electrons. The lowest BCUT2D eigenvalue weighted by atomic mass is 10.2. The van der Waals surface area contributed by atoms with Crippen molar-refractivity contribution in [1.29, 1.82) is 5.26 Å². The van der Waals surface area contributed by atoms with Crippen LogP contribution in [0.15, 0.2) is 47.4 Å². The van der Waals surface area contributed by atoms with E-state index in [0.29, 0.717) is 23.8 Å². The summed E-state index contributed by atoms with van der Waals surface area (Å²) in [5.41, 5.74) is 1.17. The normalized spacial score (nSPS) is 10.8. The number of nitriles is 1. The average molecular weight is 360 g/mol. The van der Waals surface area contributed by atoms with Crippen molar-refractivity contribution >= 4 is 15.7 Å². The van der Waals surface area contributed by atoms with E-state index in [4.69, 9.17) is 14.7 Å². The third-order valence-electron chi connectivity index (χ3n) is 3.21. The van der Waals surface area contributed by atoms with E-state index in [1.807, 2.05) is 19.9 Å². The van der Waals surface area contributed by atoms with Crippen molar-refractivity contribution in [1.82, 2.24) is 0 Å². The molecule has 0 amide bonds. The molecule has 0 saturated carbocycles. The van der Waals surface area contributed by atoms with E-state index < -0.39 is 10.0 Å². The number of nitrogens with one attached hydrogen (secondary N) is 1. The molecule has 7 heteroatoms. The topological polar surface area (TPSA) is 88.4 Å². The fourth-order valence-electron chi connectivity index (χ4n) is 2.22. The minimum Gasteiger partial charge on any atom is -0.492 e. The van der Waals surface area contributed by atoms with Gasteiger partial charge in [0.05, 0.1) is 12.3 Å². The van der Waals surface area contributed by atoms with Crippen LogP contribution in [0.4, 0.5) is 5.69 Å². The van der Waals surface area contributed by atoms with Gasteiger partial charge in [-0.05, 0) is 43.2 Å². The third kappa shape index (κ3) is 5.13. The summed E-state index contributed by atoms with van der Waals surface area (Å²) >= 11 is 0. The summed E-state index contributed by atoms with van der Waals surface area (Å²) in [6, 6.07) is 13.3. The molecule has 0 unspecified atom stereocenters. The van der Waals surface area contributed by atoms with Gasteiger partial charge in [0.15, 0.2) is 6.61 Å². The SMILES string of the molecule is CCCOc1ccccc1S(=O)(=O)Nc1cc(C)cc(OCC#N)c1. The summed E-state index contributed by atoms with van der Waals surface area (Å²) in [6.07, 6.45) is 0.777. The predicted octanol–water partition coefficient (Wildman–Crippen LogP) is 3.49. The number of nitrogens with zero attached hydrogens (tertiary/aromatic N) is 1. The van der Waals surface area contributed by atoms with Gasteiger partial charge in [0.2, 0.25) is 0 Å². The highest BCUT2D eigenvalue weighted by Crippen LogP contribution is 2.28. The number of anilines is 1. The van der Waals surface area contributed by atoms with Gasteiger partial charge in [0, 0.05) is 6.07 Å². The van der Waals surface area contributed by atoms with Gasteiger partial charge < -0.3 is 9.47 Å². The van der Waals surface area contributed by atoms with Crippen LogP contribution in [0.1, 0.15) is 18.9 Å². The molecule has 0 aliphatic heterocycles. The first-order chi connectivity index (χ1) is 12.0. The number of hydrogen-bond donors (Lipinski definition) is 1. The molecule has 0 spiro atoms. The first kappa shape index (κ1) is 18.6. The number of rotatable bonds is 8. The van der Waals surface area contributed by atoms with Gasteiger partial charge in [-0.1, -0.05) is 19.1 Å². The molecule has 25 heavy (non-hydrogen) atoms. The van der Waals surface area contributed by atoms with Crippen molar-refractivity contribution < 1.29 is 17.9 Å².